The molecule has 2 aromatic rings. The van der Waals surface area contributed by atoms with E-state index in [9.17, 15) is 13.2 Å². The van der Waals surface area contributed by atoms with Crippen LogP contribution in [0, 0.1) is 11.3 Å². The Hall–Kier alpha value is -2.40. The first-order chi connectivity index (χ1) is 13.4. The first kappa shape index (κ1) is 20.3. The zero-order chi connectivity index (χ0) is 20.1. The van der Waals surface area contributed by atoms with Crippen molar-refractivity contribution in [2.75, 3.05) is 13.1 Å². The number of rotatable bonds is 4. The van der Waals surface area contributed by atoms with Crippen LogP contribution in [0.2, 0.25) is 5.02 Å². The number of sulfonamides is 1. The summed E-state index contributed by atoms with van der Waals surface area (Å²) in [6.07, 6.45) is 3.59. The summed E-state index contributed by atoms with van der Waals surface area (Å²) in [4.78, 5) is 12.4. The maximum atomic E-state index is 13.0. The zero-order valence-electron chi connectivity index (χ0n) is 15.1. The maximum absolute atomic E-state index is 13.0. The Kier molecular flexibility index (Phi) is 6.35. The van der Waals surface area contributed by atoms with Crippen molar-refractivity contribution in [2.45, 2.75) is 30.6 Å². The minimum Gasteiger partial charge on any atom is -0.423 e. The molecule has 6 nitrogen and oxygen atoms in total. The summed E-state index contributed by atoms with van der Waals surface area (Å²) in [5.74, 6) is -0.519. The van der Waals surface area contributed by atoms with E-state index >= 15 is 0 Å². The lowest BCUT2D eigenvalue weighted by atomic mass is 10.2. The third-order valence-electron chi connectivity index (χ3n) is 4.52. The van der Waals surface area contributed by atoms with Gasteiger partial charge in [-0.25, -0.2) is 13.2 Å². The Morgan fingerprint density at radius 2 is 1.79 bits per heavy atom. The molecule has 1 aliphatic heterocycles. The normalized spacial score (nSPS) is 15.4. The average Bonchev–Trinajstić information content (AvgIpc) is 2.98. The molecule has 2 aromatic carbocycles. The average molecular weight is 419 g/mol. The predicted molar refractivity (Wildman–Crippen MR) is 105 cm³/mol. The van der Waals surface area contributed by atoms with E-state index in [0.717, 1.165) is 25.7 Å². The third-order valence-corrected chi connectivity index (χ3v) is 6.90. The number of carbonyl (C=O) groups is 1. The van der Waals surface area contributed by atoms with Gasteiger partial charge in [0.2, 0.25) is 10.0 Å². The zero-order valence-corrected chi connectivity index (χ0v) is 16.7. The SMILES string of the molecule is N#Cc1cccc(OC(=O)c2ccc(Cl)c(S(=O)(=O)N3CCCCCC3)c2)c1. The molecule has 0 aliphatic carbocycles. The number of esters is 1. The Morgan fingerprint density at radius 1 is 1.07 bits per heavy atom. The monoisotopic (exact) mass is 418 g/mol. The van der Waals surface area contributed by atoms with E-state index in [1.807, 2.05) is 6.07 Å². The second-order valence-electron chi connectivity index (χ2n) is 6.49. The molecular formula is C20H19ClN2O4S. The number of nitriles is 1. The number of hydrogen-bond donors (Lipinski definition) is 0. The molecule has 0 N–H and O–H groups in total. The molecule has 0 bridgehead atoms. The molecule has 146 valence electrons. The van der Waals surface area contributed by atoms with E-state index in [0.29, 0.717) is 18.7 Å². The van der Waals surface area contributed by atoms with E-state index in [2.05, 4.69) is 0 Å². The summed E-state index contributed by atoms with van der Waals surface area (Å²) in [5.41, 5.74) is 0.422. The van der Waals surface area contributed by atoms with Gasteiger partial charge in [-0.3, -0.25) is 0 Å². The maximum Gasteiger partial charge on any atom is 0.343 e. The molecule has 1 fully saturated rings. The van der Waals surface area contributed by atoms with E-state index in [1.165, 1.54) is 28.6 Å². The van der Waals surface area contributed by atoms with Gasteiger partial charge in [0.1, 0.15) is 10.6 Å². The third kappa shape index (κ3) is 4.53. The van der Waals surface area contributed by atoms with Crippen LogP contribution in [0.5, 0.6) is 5.75 Å². The van der Waals surface area contributed by atoms with Crippen LogP contribution in [0.15, 0.2) is 47.4 Å². The molecule has 28 heavy (non-hydrogen) atoms. The van der Waals surface area contributed by atoms with E-state index in [1.54, 1.807) is 18.2 Å². The summed E-state index contributed by atoms with van der Waals surface area (Å²) in [7, 11) is -3.81. The first-order valence-corrected chi connectivity index (χ1v) is 10.8. The Morgan fingerprint density at radius 3 is 2.46 bits per heavy atom. The molecule has 0 saturated carbocycles. The quantitative estimate of drug-likeness (QED) is 0.553. The van der Waals surface area contributed by atoms with Gasteiger partial charge in [-0.05, 0) is 49.2 Å². The highest BCUT2D eigenvalue weighted by molar-refractivity contribution is 7.89. The second-order valence-corrected chi connectivity index (χ2v) is 8.81. The van der Waals surface area contributed by atoms with Crippen molar-refractivity contribution in [3.05, 3.63) is 58.6 Å². The fourth-order valence-corrected chi connectivity index (χ4v) is 5.06. The highest BCUT2D eigenvalue weighted by atomic mass is 35.5. The van der Waals surface area contributed by atoms with Crippen molar-refractivity contribution in [1.29, 1.82) is 5.26 Å². The molecule has 0 radical (unpaired) electrons. The van der Waals surface area contributed by atoms with Crippen LogP contribution in [-0.2, 0) is 10.0 Å². The van der Waals surface area contributed by atoms with Gasteiger partial charge < -0.3 is 4.74 Å². The molecule has 0 spiro atoms. The summed E-state index contributed by atoms with van der Waals surface area (Å²) in [5, 5.41) is 9.00. The van der Waals surface area contributed by atoms with E-state index < -0.39 is 16.0 Å². The van der Waals surface area contributed by atoms with Crippen LogP contribution in [0.4, 0.5) is 0 Å². The molecule has 1 saturated heterocycles. The van der Waals surface area contributed by atoms with Crippen LogP contribution in [0.25, 0.3) is 0 Å². The Labute approximate surface area is 169 Å². The lowest BCUT2D eigenvalue weighted by molar-refractivity contribution is 0.0734. The molecule has 3 rings (SSSR count). The van der Waals surface area contributed by atoms with Crippen LogP contribution >= 0.6 is 11.6 Å². The number of halogens is 1. The highest BCUT2D eigenvalue weighted by Crippen LogP contribution is 2.28. The minimum atomic E-state index is -3.81. The Bertz CT molecular complexity index is 1020. The van der Waals surface area contributed by atoms with Crippen molar-refractivity contribution < 1.29 is 17.9 Å². The summed E-state index contributed by atoms with van der Waals surface area (Å²) in [6, 6.07) is 12.2. The van der Waals surface area contributed by atoms with Crippen LogP contribution in [-0.4, -0.2) is 31.8 Å². The molecule has 0 atom stereocenters. The number of nitrogens with zero attached hydrogens (tertiary/aromatic N) is 2. The molecule has 1 heterocycles. The van der Waals surface area contributed by atoms with Crippen LogP contribution in [0.3, 0.4) is 0 Å². The summed E-state index contributed by atoms with van der Waals surface area (Å²) < 4.78 is 32.8. The number of hydrogen-bond acceptors (Lipinski definition) is 5. The van der Waals surface area contributed by atoms with Crippen molar-refractivity contribution in [2.24, 2.45) is 0 Å². The minimum absolute atomic E-state index is 0.0623. The lowest BCUT2D eigenvalue weighted by Crippen LogP contribution is -2.32. The van der Waals surface area contributed by atoms with E-state index in [-0.39, 0.29) is 21.2 Å². The topological polar surface area (TPSA) is 87.5 Å². The molecule has 0 amide bonds. The molecule has 0 aromatic heterocycles. The van der Waals surface area contributed by atoms with Gasteiger partial charge in [0.05, 0.1) is 22.2 Å². The molecule has 0 unspecified atom stereocenters. The first-order valence-electron chi connectivity index (χ1n) is 8.94. The van der Waals surface area contributed by atoms with Crippen molar-refractivity contribution in [1.82, 2.24) is 4.31 Å². The summed E-state index contributed by atoms with van der Waals surface area (Å²) >= 11 is 6.15. The van der Waals surface area contributed by atoms with E-state index in [4.69, 9.17) is 21.6 Å². The smallest absolute Gasteiger partial charge is 0.343 e. The van der Waals surface area contributed by atoms with Crippen molar-refractivity contribution in [3.8, 4) is 11.8 Å². The summed E-state index contributed by atoms with van der Waals surface area (Å²) in [6.45, 7) is 0.878. The number of carbonyl (C=O) groups excluding carboxylic acids is 1. The molecule has 1 aliphatic rings. The van der Waals surface area contributed by atoms with Gasteiger partial charge in [-0.1, -0.05) is 30.5 Å². The van der Waals surface area contributed by atoms with Gasteiger partial charge in [-0.2, -0.15) is 9.57 Å². The molecular weight excluding hydrogens is 400 g/mol. The largest absolute Gasteiger partial charge is 0.423 e. The van der Waals surface area contributed by atoms with Crippen LogP contribution in [0.1, 0.15) is 41.6 Å². The van der Waals surface area contributed by atoms with Gasteiger partial charge in [0, 0.05) is 13.1 Å². The number of ether oxygens (including phenoxy) is 1. The Balaban J connectivity index is 1.88. The van der Waals surface area contributed by atoms with Gasteiger partial charge in [0.15, 0.2) is 0 Å². The van der Waals surface area contributed by atoms with Crippen LogP contribution < -0.4 is 4.74 Å². The highest BCUT2D eigenvalue weighted by Gasteiger charge is 2.28. The standard InChI is InChI=1S/C20H19ClN2O4S/c21-18-9-8-16(20(24)27-17-7-5-6-15(12-17)14-22)13-19(18)28(25,26)23-10-3-1-2-4-11-23/h5-9,12-13H,1-4,10-11H2. The van der Waals surface area contributed by atoms with Gasteiger partial charge in [-0.15, -0.1) is 0 Å². The fraction of sp³-hybridized carbons (Fsp3) is 0.300. The van der Waals surface area contributed by atoms with Gasteiger partial charge in [0.25, 0.3) is 0 Å². The van der Waals surface area contributed by atoms with Crippen molar-refractivity contribution >= 4 is 27.6 Å². The number of benzene rings is 2. The molecule has 8 heteroatoms. The second kappa shape index (κ2) is 8.74. The van der Waals surface area contributed by atoms with Crippen molar-refractivity contribution in [3.63, 3.8) is 0 Å². The lowest BCUT2D eigenvalue weighted by Gasteiger charge is -2.21. The fourth-order valence-electron chi connectivity index (χ4n) is 3.04. The predicted octanol–water partition coefficient (Wildman–Crippen LogP) is 4.00. The van der Waals surface area contributed by atoms with Gasteiger partial charge >= 0.3 is 5.97 Å².